The van der Waals surface area contributed by atoms with Crippen molar-refractivity contribution < 1.29 is 10.2 Å². The van der Waals surface area contributed by atoms with Gasteiger partial charge in [-0.05, 0) is 31.2 Å². The normalized spacial score (nSPS) is 13.0. The van der Waals surface area contributed by atoms with Gasteiger partial charge >= 0.3 is 0 Å². The minimum absolute atomic E-state index is 0.117. The predicted octanol–water partition coefficient (Wildman–Crippen LogP) is 5.04. The van der Waals surface area contributed by atoms with E-state index in [4.69, 9.17) is 0 Å². The summed E-state index contributed by atoms with van der Waals surface area (Å²) < 4.78 is 0. The lowest BCUT2D eigenvalue weighted by molar-refractivity contribution is -0.212. The Kier molecular flexibility index (Phi) is 7.48. The molecule has 2 aromatic rings. The lowest BCUT2D eigenvalue weighted by Crippen LogP contribution is -2.34. The Bertz CT molecular complexity index is 563. The van der Waals surface area contributed by atoms with Gasteiger partial charge in [0.05, 0.1) is 0 Å². The summed E-state index contributed by atoms with van der Waals surface area (Å²) >= 11 is 0. The van der Waals surface area contributed by atoms with Crippen LogP contribution < -0.4 is 0 Å². The Morgan fingerprint density at radius 2 is 1.38 bits per heavy atom. The van der Waals surface area contributed by atoms with Crippen LogP contribution in [0.3, 0.4) is 0 Å². The molecule has 0 bridgehead atoms. The summed E-state index contributed by atoms with van der Waals surface area (Å²) in [5.41, 5.74) is 2.00. The Morgan fingerprint density at radius 3 is 2.00 bits per heavy atom. The van der Waals surface area contributed by atoms with Crippen LogP contribution in [-0.2, 0) is 12.2 Å². The third kappa shape index (κ3) is 5.47. The monoisotopic (exact) mass is 326 g/mol. The third-order valence-electron chi connectivity index (χ3n) is 4.87. The van der Waals surface area contributed by atoms with E-state index in [-0.39, 0.29) is 5.92 Å². The van der Waals surface area contributed by atoms with Crippen molar-refractivity contribution in [2.24, 2.45) is 5.92 Å². The second kappa shape index (κ2) is 9.61. The molecule has 2 N–H and O–H groups in total. The minimum Gasteiger partial charge on any atom is -0.362 e. The molecule has 1 atom stereocenters. The number of aliphatic hydroxyl groups is 2. The zero-order chi connectivity index (χ0) is 17.3. The van der Waals surface area contributed by atoms with E-state index in [2.05, 4.69) is 30.3 Å². The summed E-state index contributed by atoms with van der Waals surface area (Å²) in [4.78, 5) is 0. The lowest BCUT2D eigenvalue weighted by atomic mass is 9.85. The van der Waals surface area contributed by atoms with Crippen molar-refractivity contribution in [1.29, 1.82) is 0 Å². The first-order valence-corrected chi connectivity index (χ1v) is 9.18. The van der Waals surface area contributed by atoms with Crippen molar-refractivity contribution in [3.8, 4) is 0 Å². The van der Waals surface area contributed by atoms with Crippen molar-refractivity contribution >= 4 is 0 Å². The van der Waals surface area contributed by atoms with E-state index >= 15 is 0 Å². The van der Waals surface area contributed by atoms with E-state index in [0.717, 1.165) is 32.1 Å². The zero-order valence-corrected chi connectivity index (χ0v) is 14.7. The first kappa shape index (κ1) is 18.7. The lowest BCUT2D eigenvalue weighted by Gasteiger charge is -2.31. The molecule has 0 radical (unpaired) electrons. The Hall–Kier alpha value is -1.64. The quantitative estimate of drug-likeness (QED) is 0.474. The average molecular weight is 326 g/mol. The molecule has 0 aliphatic carbocycles. The molecule has 24 heavy (non-hydrogen) atoms. The smallest absolute Gasteiger partial charge is 0.192 e. The number of rotatable bonds is 10. The van der Waals surface area contributed by atoms with Crippen molar-refractivity contribution in [2.75, 3.05) is 0 Å². The fourth-order valence-electron chi connectivity index (χ4n) is 3.33. The summed E-state index contributed by atoms with van der Waals surface area (Å²) in [5.74, 6) is -1.84. The minimum atomic E-state index is -1.72. The summed E-state index contributed by atoms with van der Waals surface area (Å²) in [6.07, 6.45) is 7.34. The molecule has 0 fully saturated rings. The molecule has 2 nitrogen and oxygen atoms in total. The van der Waals surface area contributed by atoms with Gasteiger partial charge in [-0.15, -0.1) is 0 Å². The SMILES string of the molecule is CCC(CCCCCCc1ccccc1)C(O)(O)c1ccccc1. The number of benzene rings is 2. The Labute approximate surface area is 146 Å². The maximum Gasteiger partial charge on any atom is 0.192 e. The van der Waals surface area contributed by atoms with Gasteiger partial charge in [0.2, 0.25) is 0 Å². The van der Waals surface area contributed by atoms with Crippen molar-refractivity contribution in [3.05, 3.63) is 71.8 Å². The van der Waals surface area contributed by atoms with Gasteiger partial charge in [-0.2, -0.15) is 0 Å². The van der Waals surface area contributed by atoms with Gasteiger partial charge < -0.3 is 10.2 Å². The number of aryl methyl sites for hydroxylation is 1. The van der Waals surface area contributed by atoms with Gasteiger partial charge in [-0.1, -0.05) is 86.8 Å². The molecule has 2 heteroatoms. The maximum atomic E-state index is 10.6. The van der Waals surface area contributed by atoms with Gasteiger partial charge in [-0.3, -0.25) is 0 Å². The maximum absolute atomic E-state index is 10.6. The third-order valence-corrected chi connectivity index (χ3v) is 4.87. The molecule has 0 saturated heterocycles. The molecule has 2 aromatic carbocycles. The first-order valence-electron chi connectivity index (χ1n) is 9.18. The van der Waals surface area contributed by atoms with E-state index in [1.54, 1.807) is 12.1 Å². The van der Waals surface area contributed by atoms with Crippen molar-refractivity contribution in [1.82, 2.24) is 0 Å². The van der Waals surface area contributed by atoms with Gasteiger partial charge in [0.15, 0.2) is 5.79 Å². The fourth-order valence-corrected chi connectivity index (χ4v) is 3.33. The average Bonchev–Trinajstić information content (AvgIpc) is 2.62. The van der Waals surface area contributed by atoms with Crippen molar-refractivity contribution in [2.45, 2.75) is 57.7 Å². The van der Waals surface area contributed by atoms with Gasteiger partial charge in [0, 0.05) is 11.5 Å². The standard InChI is InChI=1S/C22H30O2/c1-2-20(22(23,24)21-17-11-6-12-18-21)16-10-4-3-7-13-19-14-8-5-9-15-19/h5-6,8-9,11-12,14-15,17-18,20,23-24H,2-4,7,10,13,16H2,1H3. The van der Waals surface area contributed by atoms with Crippen molar-refractivity contribution in [3.63, 3.8) is 0 Å². The van der Waals surface area contributed by atoms with E-state index in [1.165, 1.54) is 18.4 Å². The van der Waals surface area contributed by atoms with Crippen LogP contribution in [0, 0.1) is 5.92 Å². The second-order valence-electron chi connectivity index (χ2n) is 6.64. The van der Waals surface area contributed by atoms with E-state index in [1.807, 2.05) is 25.1 Å². The molecule has 0 spiro atoms. The second-order valence-corrected chi connectivity index (χ2v) is 6.64. The van der Waals surface area contributed by atoms with Crippen LogP contribution in [0.25, 0.3) is 0 Å². The molecule has 0 heterocycles. The van der Waals surface area contributed by atoms with Crippen LogP contribution in [0.5, 0.6) is 0 Å². The molecule has 2 rings (SSSR count). The van der Waals surface area contributed by atoms with Crippen LogP contribution in [0.1, 0.15) is 56.6 Å². The number of hydrogen-bond acceptors (Lipinski definition) is 2. The number of hydrogen-bond donors (Lipinski definition) is 2. The molecule has 1 unspecified atom stereocenters. The highest BCUT2D eigenvalue weighted by Gasteiger charge is 2.34. The summed E-state index contributed by atoms with van der Waals surface area (Å²) in [7, 11) is 0. The van der Waals surface area contributed by atoms with Crippen LogP contribution in [-0.4, -0.2) is 10.2 Å². The van der Waals surface area contributed by atoms with E-state index in [0.29, 0.717) is 5.56 Å². The van der Waals surface area contributed by atoms with Gasteiger partial charge in [0.25, 0.3) is 0 Å². The highest BCUT2D eigenvalue weighted by atomic mass is 16.5. The predicted molar refractivity (Wildman–Crippen MR) is 99.6 cm³/mol. The summed E-state index contributed by atoms with van der Waals surface area (Å²) in [5, 5.41) is 21.1. The highest BCUT2D eigenvalue weighted by Crippen LogP contribution is 2.33. The molecule has 130 valence electrons. The molecular weight excluding hydrogens is 296 g/mol. The van der Waals surface area contributed by atoms with Gasteiger partial charge in [0.1, 0.15) is 0 Å². The summed E-state index contributed by atoms with van der Waals surface area (Å²) in [6, 6.07) is 19.8. The molecular formula is C22H30O2. The summed E-state index contributed by atoms with van der Waals surface area (Å²) in [6.45, 7) is 2.03. The molecule has 0 aliphatic heterocycles. The molecule has 0 saturated carbocycles. The van der Waals surface area contributed by atoms with Crippen LogP contribution in [0.2, 0.25) is 0 Å². The van der Waals surface area contributed by atoms with E-state index < -0.39 is 5.79 Å². The zero-order valence-electron chi connectivity index (χ0n) is 14.7. The van der Waals surface area contributed by atoms with Crippen LogP contribution in [0.4, 0.5) is 0 Å². The molecule has 0 aliphatic rings. The fraction of sp³-hybridized carbons (Fsp3) is 0.455. The topological polar surface area (TPSA) is 40.5 Å². The largest absolute Gasteiger partial charge is 0.362 e. The number of unbranched alkanes of at least 4 members (excludes halogenated alkanes) is 3. The first-order chi connectivity index (χ1) is 11.6. The Morgan fingerprint density at radius 1 is 0.792 bits per heavy atom. The van der Waals surface area contributed by atoms with Crippen LogP contribution in [0.15, 0.2) is 60.7 Å². The molecule has 0 aromatic heterocycles. The van der Waals surface area contributed by atoms with E-state index in [9.17, 15) is 10.2 Å². The van der Waals surface area contributed by atoms with Crippen LogP contribution >= 0.6 is 0 Å². The van der Waals surface area contributed by atoms with Gasteiger partial charge in [-0.25, -0.2) is 0 Å². The Balaban J connectivity index is 1.71. The highest BCUT2D eigenvalue weighted by molar-refractivity contribution is 5.20. The molecule has 0 amide bonds.